The van der Waals surface area contributed by atoms with Crippen molar-refractivity contribution in [3.8, 4) is 11.8 Å². The van der Waals surface area contributed by atoms with Crippen molar-refractivity contribution in [3.05, 3.63) is 23.0 Å². The van der Waals surface area contributed by atoms with Crippen molar-refractivity contribution in [2.45, 2.75) is 25.9 Å². The number of aliphatic hydroxyl groups excluding tert-OH is 1. The molecule has 0 bridgehead atoms. The largest absolute Gasteiger partial charge is 0.471 e. The zero-order chi connectivity index (χ0) is 19.4. The molecule has 2 heterocycles. The van der Waals surface area contributed by atoms with E-state index in [9.17, 15) is 23.1 Å². The summed E-state index contributed by atoms with van der Waals surface area (Å²) in [4.78, 5) is 16.8. The molecule has 1 aliphatic heterocycles. The van der Waals surface area contributed by atoms with Gasteiger partial charge in [0.25, 0.3) is 0 Å². The van der Waals surface area contributed by atoms with Crippen LogP contribution in [0.5, 0.6) is 0 Å². The van der Waals surface area contributed by atoms with Crippen LogP contribution in [0.2, 0.25) is 5.15 Å². The smallest absolute Gasteiger partial charge is 0.396 e. The maximum Gasteiger partial charge on any atom is 0.471 e. The van der Waals surface area contributed by atoms with Gasteiger partial charge in [-0.05, 0) is 18.3 Å². The number of amides is 1. The van der Waals surface area contributed by atoms with Gasteiger partial charge < -0.3 is 15.3 Å². The third kappa shape index (κ3) is 5.26. The molecular formula is C17H19ClF3N3O2. The molecule has 9 heteroatoms. The van der Waals surface area contributed by atoms with Gasteiger partial charge in [0.15, 0.2) is 0 Å². The minimum Gasteiger partial charge on any atom is -0.396 e. The zero-order valence-electron chi connectivity index (χ0n) is 14.2. The first-order valence-corrected chi connectivity index (χ1v) is 8.38. The number of carbonyl (C=O) groups is 1. The SMILES string of the molecule is CC1(CO)CCN(c2cc(Cl)ncc2C#CCNC(=O)C(F)(F)F)CC1. The fourth-order valence-electron chi connectivity index (χ4n) is 2.59. The lowest BCUT2D eigenvalue weighted by molar-refractivity contribution is -0.173. The molecule has 0 atom stereocenters. The number of rotatable bonds is 3. The molecule has 0 aliphatic carbocycles. The molecule has 142 valence electrons. The molecule has 1 aromatic rings. The van der Waals surface area contributed by atoms with Gasteiger partial charge in [-0.15, -0.1) is 0 Å². The van der Waals surface area contributed by atoms with Crippen molar-refractivity contribution >= 4 is 23.2 Å². The van der Waals surface area contributed by atoms with Crippen LogP contribution in [0.1, 0.15) is 25.3 Å². The first kappa shape index (κ1) is 20.3. The molecule has 26 heavy (non-hydrogen) atoms. The lowest BCUT2D eigenvalue weighted by atomic mass is 9.81. The fourth-order valence-corrected chi connectivity index (χ4v) is 2.74. The standard InChI is InChI=1S/C17H19ClF3N3O2/c1-16(11-25)4-7-24(8-5-16)13-9-14(18)23-10-12(13)3-2-6-22-15(26)17(19,20)21/h9-10,25H,4-8,11H2,1H3,(H,22,26). The van der Waals surface area contributed by atoms with E-state index < -0.39 is 18.6 Å². The molecule has 2 rings (SSSR count). The number of piperidine rings is 1. The van der Waals surface area contributed by atoms with E-state index in [4.69, 9.17) is 11.6 Å². The van der Waals surface area contributed by atoms with Crippen molar-refractivity contribution < 1.29 is 23.1 Å². The van der Waals surface area contributed by atoms with Crippen LogP contribution in [0.3, 0.4) is 0 Å². The lowest BCUT2D eigenvalue weighted by Gasteiger charge is -2.39. The van der Waals surface area contributed by atoms with Crippen LogP contribution in [-0.2, 0) is 4.79 Å². The predicted octanol–water partition coefficient (Wildman–Crippen LogP) is 2.36. The molecular weight excluding hydrogens is 371 g/mol. The molecule has 0 radical (unpaired) electrons. The van der Waals surface area contributed by atoms with E-state index in [-0.39, 0.29) is 17.2 Å². The van der Waals surface area contributed by atoms with Gasteiger partial charge in [-0.1, -0.05) is 30.4 Å². The summed E-state index contributed by atoms with van der Waals surface area (Å²) in [6.45, 7) is 3.09. The molecule has 0 aromatic carbocycles. The van der Waals surface area contributed by atoms with E-state index in [2.05, 4.69) is 21.7 Å². The average molecular weight is 390 g/mol. The van der Waals surface area contributed by atoms with Crippen molar-refractivity contribution in [1.82, 2.24) is 10.3 Å². The highest BCUT2D eigenvalue weighted by atomic mass is 35.5. The molecule has 0 saturated carbocycles. The lowest BCUT2D eigenvalue weighted by Crippen LogP contribution is -2.40. The van der Waals surface area contributed by atoms with Crippen LogP contribution in [0.4, 0.5) is 18.9 Å². The summed E-state index contributed by atoms with van der Waals surface area (Å²) in [5, 5.41) is 11.4. The number of nitrogens with zero attached hydrogens (tertiary/aromatic N) is 2. The summed E-state index contributed by atoms with van der Waals surface area (Å²) >= 11 is 5.96. The van der Waals surface area contributed by atoms with E-state index in [1.54, 1.807) is 11.4 Å². The van der Waals surface area contributed by atoms with Crippen LogP contribution in [0, 0.1) is 17.3 Å². The van der Waals surface area contributed by atoms with Crippen LogP contribution < -0.4 is 10.2 Å². The minimum atomic E-state index is -4.93. The molecule has 1 amide bonds. The monoisotopic (exact) mass is 389 g/mol. The Morgan fingerprint density at radius 1 is 1.46 bits per heavy atom. The molecule has 2 N–H and O–H groups in total. The quantitative estimate of drug-likeness (QED) is 0.615. The molecule has 1 fully saturated rings. The topological polar surface area (TPSA) is 65.5 Å². The summed E-state index contributed by atoms with van der Waals surface area (Å²) in [6.07, 6.45) is -1.90. The van der Waals surface area contributed by atoms with E-state index in [0.29, 0.717) is 18.7 Å². The van der Waals surface area contributed by atoms with Crippen molar-refractivity contribution in [2.24, 2.45) is 5.41 Å². The second kappa shape index (κ2) is 8.14. The molecule has 1 aromatic heterocycles. The van der Waals surface area contributed by atoms with Gasteiger partial charge in [0, 0.05) is 32.0 Å². The Morgan fingerprint density at radius 3 is 2.69 bits per heavy atom. The maximum absolute atomic E-state index is 12.1. The highest BCUT2D eigenvalue weighted by Gasteiger charge is 2.38. The van der Waals surface area contributed by atoms with Gasteiger partial charge in [-0.3, -0.25) is 4.79 Å². The number of hydrogen-bond acceptors (Lipinski definition) is 4. The first-order chi connectivity index (χ1) is 12.1. The number of anilines is 1. The Balaban J connectivity index is 2.09. The summed E-state index contributed by atoms with van der Waals surface area (Å²) in [7, 11) is 0. The summed E-state index contributed by atoms with van der Waals surface area (Å²) < 4.78 is 36.4. The number of halogens is 4. The van der Waals surface area contributed by atoms with Crippen molar-refractivity contribution in [3.63, 3.8) is 0 Å². The van der Waals surface area contributed by atoms with E-state index in [1.807, 2.05) is 6.92 Å². The van der Waals surface area contributed by atoms with E-state index >= 15 is 0 Å². The van der Waals surface area contributed by atoms with Gasteiger partial charge in [0.1, 0.15) is 5.15 Å². The summed E-state index contributed by atoms with van der Waals surface area (Å²) in [6, 6.07) is 1.65. The number of alkyl halides is 3. The Hall–Kier alpha value is -1.98. The average Bonchev–Trinajstić information content (AvgIpc) is 2.59. The van der Waals surface area contributed by atoms with Gasteiger partial charge in [0.2, 0.25) is 0 Å². The third-order valence-corrected chi connectivity index (χ3v) is 4.57. The minimum absolute atomic E-state index is 0.115. The maximum atomic E-state index is 12.1. The Kier molecular flexibility index (Phi) is 6.37. The van der Waals surface area contributed by atoms with Crippen LogP contribution >= 0.6 is 11.6 Å². The molecule has 0 unspecified atom stereocenters. The zero-order valence-corrected chi connectivity index (χ0v) is 14.9. The number of carbonyl (C=O) groups excluding carboxylic acids is 1. The summed E-state index contributed by atoms with van der Waals surface area (Å²) in [5.41, 5.74) is 1.13. The first-order valence-electron chi connectivity index (χ1n) is 8.00. The third-order valence-electron chi connectivity index (χ3n) is 4.36. The molecule has 5 nitrogen and oxygen atoms in total. The highest BCUT2D eigenvalue weighted by molar-refractivity contribution is 6.29. The van der Waals surface area contributed by atoms with Crippen LogP contribution in [0.15, 0.2) is 12.3 Å². The second-order valence-electron chi connectivity index (χ2n) is 6.46. The highest BCUT2D eigenvalue weighted by Crippen LogP contribution is 2.34. The predicted molar refractivity (Wildman–Crippen MR) is 91.8 cm³/mol. The van der Waals surface area contributed by atoms with Gasteiger partial charge in [0.05, 0.1) is 17.8 Å². The second-order valence-corrected chi connectivity index (χ2v) is 6.85. The van der Waals surface area contributed by atoms with E-state index in [1.165, 1.54) is 6.20 Å². The number of aliphatic hydroxyl groups is 1. The van der Waals surface area contributed by atoms with E-state index in [0.717, 1.165) is 18.5 Å². The summed E-state index contributed by atoms with van der Waals surface area (Å²) in [5.74, 6) is 3.21. The van der Waals surface area contributed by atoms with Gasteiger partial charge in [-0.25, -0.2) is 4.98 Å². The number of pyridine rings is 1. The molecule has 1 saturated heterocycles. The molecule has 0 spiro atoms. The van der Waals surface area contributed by atoms with Crippen molar-refractivity contribution in [2.75, 3.05) is 31.1 Å². The van der Waals surface area contributed by atoms with Gasteiger partial charge >= 0.3 is 12.1 Å². The Bertz CT molecular complexity index is 720. The Labute approximate surface area is 154 Å². The fraction of sp³-hybridized carbons (Fsp3) is 0.529. The molecule has 1 aliphatic rings. The van der Waals surface area contributed by atoms with Crippen LogP contribution in [-0.4, -0.2) is 48.4 Å². The normalized spacial score (nSPS) is 16.6. The van der Waals surface area contributed by atoms with Gasteiger partial charge in [-0.2, -0.15) is 13.2 Å². The Morgan fingerprint density at radius 2 is 2.12 bits per heavy atom. The van der Waals surface area contributed by atoms with Crippen LogP contribution in [0.25, 0.3) is 0 Å². The number of nitrogens with one attached hydrogen (secondary N) is 1. The number of aromatic nitrogens is 1. The number of hydrogen-bond donors (Lipinski definition) is 2. The van der Waals surface area contributed by atoms with Crippen molar-refractivity contribution in [1.29, 1.82) is 0 Å².